The van der Waals surface area contributed by atoms with E-state index in [9.17, 15) is 4.79 Å². The van der Waals surface area contributed by atoms with Crippen LogP contribution in [0.2, 0.25) is 0 Å². The summed E-state index contributed by atoms with van der Waals surface area (Å²) in [5.41, 5.74) is 1.79. The predicted molar refractivity (Wildman–Crippen MR) is 62.5 cm³/mol. The summed E-state index contributed by atoms with van der Waals surface area (Å²) in [4.78, 5) is 10.8. The normalized spacial score (nSPS) is 9.27. The highest BCUT2D eigenvalue weighted by molar-refractivity contribution is 5.89. The molecule has 1 aromatic rings. The molecular weight excluding hydrogens is 190 g/mol. The standard InChI is InChI=1S/C11H15N3O/c1-9(15)13-11-6-4-10(5-7-11)12-8-14(2)3/h4-8H,1-3H3,(H,13,15)/p+1. The van der Waals surface area contributed by atoms with Crippen LogP contribution in [-0.4, -0.2) is 30.9 Å². The lowest BCUT2D eigenvalue weighted by Crippen LogP contribution is -2.08. The first kappa shape index (κ1) is 11.2. The molecule has 0 saturated carbocycles. The van der Waals surface area contributed by atoms with Crippen LogP contribution in [-0.2, 0) is 4.79 Å². The summed E-state index contributed by atoms with van der Waals surface area (Å²) in [5, 5.41) is 5.82. The third kappa shape index (κ3) is 4.26. The van der Waals surface area contributed by atoms with Crippen LogP contribution in [0.3, 0.4) is 0 Å². The van der Waals surface area contributed by atoms with Crippen LogP contribution < -0.4 is 10.6 Å². The molecule has 1 amide bonds. The van der Waals surface area contributed by atoms with Crippen molar-refractivity contribution in [1.82, 2.24) is 0 Å². The molecule has 80 valence electrons. The Morgan fingerprint density at radius 1 is 1.20 bits per heavy atom. The van der Waals surface area contributed by atoms with Crippen LogP contribution in [0.5, 0.6) is 0 Å². The Kier molecular flexibility index (Phi) is 3.85. The molecule has 1 aromatic carbocycles. The van der Waals surface area contributed by atoms with Crippen LogP contribution in [0.25, 0.3) is 0 Å². The minimum absolute atomic E-state index is 0.0597. The van der Waals surface area contributed by atoms with Crippen molar-refractivity contribution >= 4 is 23.6 Å². The van der Waals surface area contributed by atoms with Crippen molar-refractivity contribution < 1.29 is 9.37 Å². The van der Waals surface area contributed by atoms with Crippen LogP contribution in [0.1, 0.15) is 6.92 Å². The molecule has 2 N–H and O–H groups in total. The number of rotatable bonds is 3. The third-order valence-electron chi connectivity index (χ3n) is 1.69. The summed E-state index contributed by atoms with van der Waals surface area (Å²) >= 11 is 0. The molecule has 0 spiro atoms. The minimum Gasteiger partial charge on any atom is -0.326 e. The van der Waals surface area contributed by atoms with Gasteiger partial charge >= 0.3 is 0 Å². The van der Waals surface area contributed by atoms with Crippen LogP contribution in [0.4, 0.5) is 11.4 Å². The molecule has 0 aliphatic heterocycles. The van der Waals surface area contributed by atoms with Gasteiger partial charge in [0.2, 0.25) is 12.2 Å². The molecule has 4 heteroatoms. The molecule has 0 aliphatic carbocycles. The minimum atomic E-state index is -0.0597. The van der Waals surface area contributed by atoms with Crippen molar-refractivity contribution in [2.45, 2.75) is 6.92 Å². The molecule has 4 nitrogen and oxygen atoms in total. The smallest absolute Gasteiger partial charge is 0.236 e. The number of benzene rings is 1. The molecule has 0 atom stereocenters. The average molecular weight is 206 g/mol. The lowest BCUT2D eigenvalue weighted by atomic mass is 10.3. The Bertz CT molecular complexity index is 364. The van der Waals surface area contributed by atoms with Gasteiger partial charge in [0.1, 0.15) is 5.69 Å². The summed E-state index contributed by atoms with van der Waals surface area (Å²) < 4.78 is 1.92. The molecule has 0 unspecified atom stereocenters. The zero-order valence-electron chi connectivity index (χ0n) is 9.24. The number of carbonyl (C=O) groups is 1. The zero-order valence-corrected chi connectivity index (χ0v) is 9.24. The van der Waals surface area contributed by atoms with E-state index in [2.05, 4.69) is 10.6 Å². The lowest BCUT2D eigenvalue weighted by molar-refractivity contribution is -0.459. The fourth-order valence-corrected chi connectivity index (χ4v) is 1.06. The second kappa shape index (κ2) is 5.14. The topological polar surface area (TPSA) is 44.1 Å². The van der Waals surface area contributed by atoms with Gasteiger partial charge in [-0.25, -0.2) is 5.32 Å². The van der Waals surface area contributed by atoms with Gasteiger partial charge in [-0.05, 0) is 24.3 Å². The molecule has 1 rings (SSSR count). The first-order chi connectivity index (χ1) is 7.08. The fraction of sp³-hybridized carbons (Fsp3) is 0.273. The highest BCUT2D eigenvalue weighted by atomic mass is 16.1. The van der Waals surface area contributed by atoms with E-state index in [1.807, 2.05) is 49.3 Å². The van der Waals surface area contributed by atoms with Crippen molar-refractivity contribution in [1.29, 1.82) is 0 Å². The Morgan fingerprint density at radius 2 is 1.73 bits per heavy atom. The highest BCUT2D eigenvalue weighted by Crippen LogP contribution is 2.12. The van der Waals surface area contributed by atoms with Gasteiger partial charge in [-0.2, -0.15) is 0 Å². The Labute approximate surface area is 89.6 Å². The number of anilines is 2. The Balaban J connectivity index is 2.64. The van der Waals surface area contributed by atoms with E-state index in [4.69, 9.17) is 0 Å². The maximum absolute atomic E-state index is 10.8. The van der Waals surface area contributed by atoms with E-state index < -0.39 is 0 Å². The number of nitrogens with one attached hydrogen (secondary N) is 2. The maximum atomic E-state index is 10.8. The molecule has 15 heavy (non-hydrogen) atoms. The molecule has 0 bridgehead atoms. The first-order valence-electron chi connectivity index (χ1n) is 4.72. The summed E-state index contributed by atoms with van der Waals surface area (Å²) in [5.74, 6) is -0.0597. The maximum Gasteiger partial charge on any atom is 0.236 e. The van der Waals surface area contributed by atoms with Gasteiger partial charge in [0.15, 0.2) is 0 Å². The zero-order chi connectivity index (χ0) is 11.3. The first-order valence-corrected chi connectivity index (χ1v) is 4.72. The number of hydrogen-bond acceptors (Lipinski definition) is 1. The molecular formula is C11H16N3O+. The van der Waals surface area contributed by atoms with Gasteiger partial charge in [0, 0.05) is 12.6 Å². The Hall–Kier alpha value is -1.84. The molecule has 0 aromatic heterocycles. The molecule has 0 fully saturated rings. The molecule has 0 heterocycles. The second-order valence-corrected chi connectivity index (χ2v) is 3.50. The van der Waals surface area contributed by atoms with Gasteiger partial charge < -0.3 is 5.32 Å². The molecule has 0 aliphatic rings. The fourth-order valence-electron chi connectivity index (χ4n) is 1.06. The lowest BCUT2D eigenvalue weighted by Gasteiger charge is -2.01. The summed E-state index contributed by atoms with van der Waals surface area (Å²) in [6.45, 7) is 1.49. The van der Waals surface area contributed by atoms with E-state index in [0.717, 1.165) is 11.4 Å². The molecule has 0 radical (unpaired) electrons. The van der Waals surface area contributed by atoms with E-state index in [-0.39, 0.29) is 5.91 Å². The van der Waals surface area contributed by atoms with Crippen molar-refractivity contribution in [3.05, 3.63) is 24.3 Å². The number of nitrogens with zero attached hydrogens (tertiary/aromatic N) is 1. The number of amides is 1. The van der Waals surface area contributed by atoms with Crippen LogP contribution in [0.15, 0.2) is 24.3 Å². The SMILES string of the molecule is CC(=O)Nc1ccc(NC=[N+](C)C)cc1. The van der Waals surface area contributed by atoms with Gasteiger partial charge in [-0.1, -0.05) is 0 Å². The van der Waals surface area contributed by atoms with Crippen LogP contribution >= 0.6 is 0 Å². The largest absolute Gasteiger partial charge is 0.326 e. The van der Waals surface area contributed by atoms with Crippen molar-refractivity contribution in [3.63, 3.8) is 0 Å². The third-order valence-corrected chi connectivity index (χ3v) is 1.69. The van der Waals surface area contributed by atoms with E-state index in [1.54, 1.807) is 0 Å². The van der Waals surface area contributed by atoms with Crippen molar-refractivity contribution in [3.8, 4) is 0 Å². The van der Waals surface area contributed by atoms with Crippen LogP contribution in [0, 0.1) is 0 Å². The average Bonchev–Trinajstić information content (AvgIpc) is 2.16. The quantitative estimate of drug-likeness (QED) is 0.445. The van der Waals surface area contributed by atoms with Crippen molar-refractivity contribution in [2.75, 3.05) is 24.7 Å². The van der Waals surface area contributed by atoms with Gasteiger partial charge in [-0.3, -0.25) is 9.37 Å². The Morgan fingerprint density at radius 3 is 2.20 bits per heavy atom. The monoisotopic (exact) mass is 206 g/mol. The van der Waals surface area contributed by atoms with Gasteiger partial charge in [-0.15, -0.1) is 0 Å². The van der Waals surface area contributed by atoms with E-state index in [1.165, 1.54) is 6.92 Å². The number of carbonyl (C=O) groups excluding carboxylic acids is 1. The number of hydrogen-bond donors (Lipinski definition) is 2. The van der Waals surface area contributed by atoms with Gasteiger partial charge in [0.25, 0.3) is 0 Å². The predicted octanol–water partition coefficient (Wildman–Crippen LogP) is 1.36. The summed E-state index contributed by atoms with van der Waals surface area (Å²) in [6.07, 6.45) is 1.85. The van der Waals surface area contributed by atoms with E-state index >= 15 is 0 Å². The van der Waals surface area contributed by atoms with Crippen molar-refractivity contribution in [2.24, 2.45) is 0 Å². The molecule has 0 saturated heterocycles. The highest BCUT2D eigenvalue weighted by Gasteiger charge is 1.97. The summed E-state index contributed by atoms with van der Waals surface area (Å²) in [7, 11) is 3.89. The van der Waals surface area contributed by atoms with E-state index in [0.29, 0.717) is 0 Å². The van der Waals surface area contributed by atoms with Gasteiger partial charge in [0.05, 0.1) is 14.1 Å². The summed E-state index contributed by atoms with van der Waals surface area (Å²) in [6, 6.07) is 7.52. The second-order valence-electron chi connectivity index (χ2n) is 3.50.